The highest BCUT2D eigenvalue weighted by atomic mass is 15.1. The molecular formula is C18H26N2. The molecule has 2 heteroatoms. The van der Waals surface area contributed by atoms with Crippen molar-refractivity contribution in [3.63, 3.8) is 0 Å². The summed E-state index contributed by atoms with van der Waals surface area (Å²) in [6.07, 6.45) is 5.98. The monoisotopic (exact) mass is 270 g/mol. The molecule has 2 rings (SSSR count). The summed E-state index contributed by atoms with van der Waals surface area (Å²) in [6, 6.07) is 11.3. The normalized spacial score (nSPS) is 22.4. The number of nitrogens with two attached hydrogens (primary N) is 1. The predicted molar refractivity (Wildman–Crippen MR) is 85.4 cm³/mol. The van der Waals surface area contributed by atoms with E-state index in [1.165, 1.54) is 19.3 Å². The van der Waals surface area contributed by atoms with Gasteiger partial charge in [0.05, 0.1) is 6.54 Å². The molecule has 0 heterocycles. The van der Waals surface area contributed by atoms with Gasteiger partial charge in [-0.2, -0.15) is 0 Å². The fraction of sp³-hybridized carbons (Fsp3) is 0.556. The Morgan fingerprint density at radius 3 is 2.50 bits per heavy atom. The van der Waals surface area contributed by atoms with Gasteiger partial charge in [0.15, 0.2) is 0 Å². The van der Waals surface area contributed by atoms with Crippen molar-refractivity contribution in [1.29, 1.82) is 0 Å². The largest absolute Gasteiger partial charge is 0.328 e. The first-order valence-corrected chi connectivity index (χ1v) is 7.83. The molecule has 1 fully saturated rings. The molecule has 108 valence electrons. The Morgan fingerprint density at radius 2 is 1.85 bits per heavy atom. The molecule has 2 N–H and O–H groups in total. The van der Waals surface area contributed by atoms with E-state index in [9.17, 15) is 0 Å². The highest BCUT2D eigenvalue weighted by Gasteiger charge is 2.22. The molecule has 1 aliphatic carbocycles. The summed E-state index contributed by atoms with van der Waals surface area (Å²) in [5.74, 6) is 6.60. The second-order valence-corrected chi connectivity index (χ2v) is 5.71. The van der Waals surface area contributed by atoms with E-state index in [1.54, 1.807) is 0 Å². The van der Waals surface area contributed by atoms with Crippen molar-refractivity contribution in [2.24, 2.45) is 5.73 Å². The van der Waals surface area contributed by atoms with Gasteiger partial charge in [-0.1, -0.05) is 37.0 Å². The average molecular weight is 270 g/mol. The number of benzene rings is 1. The molecule has 1 aromatic carbocycles. The zero-order valence-corrected chi connectivity index (χ0v) is 12.5. The molecule has 0 radical (unpaired) electrons. The van der Waals surface area contributed by atoms with Crippen molar-refractivity contribution >= 4 is 0 Å². The Balaban J connectivity index is 1.91. The van der Waals surface area contributed by atoms with Crippen LogP contribution in [-0.4, -0.2) is 30.1 Å². The van der Waals surface area contributed by atoms with Crippen LogP contribution in [0.5, 0.6) is 0 Å². The maximum absolute atomic E-state index is 6.00. The Morgan fingerprint density at radius 1 is 1.15 bits per heavy atom. The molecular weight excluding hydrogens is 244 g/mol. The fourth-order valence-electron chi connectivity index (χ4n) is 2.91. The summed E-state index contributed by atoms with van der Waals surface area (Å²) in [4.78, 5) is 2.54. The van der Waals surface area contributed by atoms with Gasteiger partial charge < -0.3 is 5.73 Å². The zero-order chi connectivity index (χ0) is 14.2. The minimum Gasteiger partial charge on any atom is -0.328 e. The van der Waals surface area contributed by atoms with Crippen LogP contribution in [-0.2, 0) is 0 Å². The van der Waals surface area contributed by atoms with Crippen molar-refractivity contribution in [3.05, 3.63) is 35.9 Å². The molecule has 0 aromatic heterocycles. The third kappa shape index (κ3) is 4.67. The first-order valence-electron chi connectivity index (χ1n) is 7.83. The lowest BCUT2D eigenvalue weighted by Gasteiger charge is -2.34. The third-order valence-corrected chi connectivity index (χ3v) is 4.06. The van der Waals surface area contributed by atoms with Crippen LogP contribution in [0.4, 0.5) is 0 Å². The molecule has 0 atom stereocenters. The Kier molecular flexibility index (Phi) is 6.11. The van der Waals surface area contributed by atoms with E-state index in [0.717, 1.165) is 31.5 Å². The SMILES string of the molecule is CCCN(CC#Cc1ccccc1)C1CCC(N)CC1. The van der Waals surface area contributed by atoms with Crippen molar-refractivity contribution < 1.29 is 0 Å². The molecule has 0 spiro atoms. The van der Waals surface area contributed by atoms with Crippen molar-refractivity contribution in [3.8, 4) is 11.8 Å². The topological polar surface area (TPSA) is 29.3 Å². The van der Waals surface area contributed by atoms with Gasteiger partial charge in [-0.15, -0.1) is 0 Å². The van der Waals surface area contributed by atoms with E-state index in [0.29, 0.717) is 12.1 Å². The molecule has 0 amide bonds. The standard InChI is InChI=1S/C18H26N2/c1-2-14-20(18-12-10-17(19)11-13-18)15-6-9-16-7-4-3-5-8-16/h3-5,7-8,17-18H,2,10-15,19H2,1H3. The lowest BCUT2D eigenvalue weighted by Crippen LogP contribution is -2.41. The maximum atomic E-state index is 6.00. The molecule has 1 aromatic rings. The second kappa shape index (κ2) is 8.09. The number of rotatable bonds is 4. The fourth-order valence-corrected chi connectivity index (χ4v) is 2.91. The molecule has 20 heavy (non-hydrogen) atoms. The van der Waals surface area contributed by atoms with Gasteiger partial charge in [0.2, 0.25) is 0 Å². The lowest BCUT2D eigenvalue weighted by molar-refractivity contribution is 0.167. The molecule has 0 saturated heterocycles. The van der Waals surface area contributed by atoms with Crippen molar-refractivity contribution in [1.82, 2.24) is 4.90 Å². The highest BCUT2D eigenvalue weighted by molar-refractivity contribution is 5.33. The van der Waals surface area contributed by atoms with Gasteiger partial charge in [0.1, 0.15) is 0 Å². The average Bonchev–Trinajstić information content (AvgIpc) is 2.48. The predicted octanol–water partition coefficient (Wildman–Crippen LogP) is 3.02. The molecule has 1 aliphatic rings. The summed E-state index contributed by atoms with van der Waals surface area (Å²) >= 11 is 0. The van der Waals surface area contributed by atoms with Crippen LogP contribution in [0.3, 0.4) is 0 Å². The van der Waals surface area contributed by atoms with Crippen molar-refractivity contribution in [2.45, 2.75) is 51.1 Å². The second-order valence-electron chi connectivity index (χ2n) is 5.71. The minimum atomic E-state index is 0.421. The molecule has 0 aliphatic heterocycles. The van der Waals surface area contributed by atoms with E-state index in [4.69, 9.17) is 5.73 Å². The van der Waals surface area contributed by atoms with Gasteiger partial charge in [-0.05, 0) is 50.8 Å². The smallest absolute Gasteiger partial charge is 0.0607 e. The summed E-state index contributed by atoms with van der Waals surface area (Å²) < 4.78 is 0. The van der Waals surface area contributed by atoms with Gasteiger partial charge in [0, 0.05) is 17.6 Å². The van der Waals surface area contributed by atoms with Crippen LogP contribution in [0.1, 0.15) is 44.6 Å². The van der Waals surface area contributed by atoms with Gasteiger partial charge >= 0.3 is 0 Å². The van der Waals surface area contributed by atoms with Crippen LogP contribution < -0.4 is 5.73 Å². The van der Waals surface area contributed by atoms with E-state index in [2.05, 4.69) is 35.8 Å². The Labute approximate surface area is 123 Å². The van der Waals surface area contributed by atoms with E-state index in [-0.39, 0.29) is 0 Å². The van der Waals surface area contributed by atoms with Crippen molar-refractivity contribution in [2.75, 3.05) is 13.1 Å². The first kappa shape index (κ1) is 15.1. The number of hydrogen-bond donors (Lipinski definition) is 1. The lowest BCUT2D eigenvalue weighted by atomic mass is 9.90. The van der Waals surface area contributed by atoms with Crippen LogP contribution in [0.25, 0.3) is 0 Å². The van der Waals surface area contributed by atoms with Crippen LogP contribution in [0, 0.1) is 11.8 Å². The number of nitrogens with zero attached hydrogens (tertiary/aromatic N) is 1. The zero-order valence-electron chi connectivity index (χ0n) is 12.5. The summed E-state index contributed by atoms with van der Waals surface area (Å²) in [5.41, 5.74) is 7.11. The maximum Gasteiger partial charge on any atom is 0.0607 e. The molecule has 0 unspecified atom stereocenters. The summed E-state index contributed by atoms with van der Waals surface area (Å²) in [6.45, 7) is 4.26. The highest BCUT2D eigenvalue weighted by Crippen LogP contribution is 2.22. The molecule has 0 bridgehead atoms. The molecule has 1 saturated carbocycles. The summed E-state index contributed by atoms with van der Waals surface area (Å²) in [7, 11) is 0. The van der Waals surface area contributed by atoms with Gasteiger partial charge in [0.25, 0.3) is 0 Å². The Bertz CT molecular complexity index is 435. The first-order chi connectivity index (χ1) is 9.79. The quantitative estimate of drug-likeness (QED) is 0.852. The van der Waals surface area contributed by atoms with Gasteiger partial charge in [-0.3, -0.25) is 4.90 Å². The van der Waals surface area contributed by atoms with Gasteiger partial charge in [-0.25, -0.2) is 0 Å². The minimum absolute atomic E-state index is 0.421. The number of hydrogen-bond acceptors (Lipinski definition) is 2. The van der Waals surface area contributed by atoms with Crippen LogP contribution >= 0.6 is 0 Å². The Hall–Kier alpha value is -1.30. The van der Waals surface area contributed by atoms with Crippen LogP contribution in [0.2, 0.25) is 0 Å². The molecule has 2 nitrogen and oxygen atoms in total. The van der Waals surface area contributed by atoms with E-state index < -0.39 is 0 Å². The van der Waals surface area contributed by atoms with Crippen LogP contribution in [0.15, 0.2) is 30.3 Å². The van der Waals surface area contributed by atoms with E-state index >= 15 is 0 Å². The third-order valence-electron chi connectivity index (χ3n) is 4.06. The summed E-state index contributed by atoms with van der Waals surface area (Å²) in [5, 5.41) is 0. The van der Waals surface area contributed by atoms with E-state index in [1.807, 2.05) is 18.2 Å².